The second-order valence-corrected chi connectivity index (χ2v) is 9.40. The Hall–Kier alpha value is -2.22. The van der Waals surface area contributed by atoms with Gasteiger partial charge in [0.2, 0.25) is 15.9 Å². The molecule has 0 aliphatic rings. The van der Waals surface area contributed by atoms with Crippen molar-refractivity contribution in [2.45, 2.75) is 38.1 Å². The molecule has 0 aliphatic heterocycles. The van der Waals surface area contributed by atoms with Gasteiger partial charge >= 0.3 is 0 Å². The number of carbonyl (C=O) groups excluding carboxylic acids is 1. The van der Waals surface area contributed by atoms with Crippen molar-refractivity contribution >= 4 is 21.6 Å². The molecule has 1 N–H and O–H groups in total. The van der Waals surface area contributed by atoms with E-state index in [0.29, 0.717) is 18.8 Å². The van der Waals surface area contributed by atoms with Crippen LogP contribution in [-0.2, 0) is 21.4 Å². The first-order valence-corrected chi connectivity index (χ1v) is 11.3. The molecule has 0 unspecified atom stereocenters. The molecule has 0 bridgehead atoms. The van der Waals surface area contributed by atoms with Gasteiger partial charge in [-0.3, -0.25) is 9.69 Å². The van der Waals surface area contributed by atoms with Crippen LogP contribution in [0, 0.1) is 6.92 Å². The monoisotopic (exact) mass is 417 g/mol. The highest BCUT2D eigenvalue weighted by molar-refractivity contribution is 7.89. The number of aryl methyl sites for hydroxylation is 1. The Morgan fingerprint density at radius 1 is 1.03 bits per heavy atom. The summed E-state index contributed by atoms with van der Waals surface area (Å²) in [6, 6.07) is 14.4. The van der Waals surface area contributed by atoms with Gasteiger partial charge in [0, 0.05) is 25.8 Å². The number of rotatable bonds is 10. The van der Waals surface area contributed by atoms with E-state index in [-0.39, 0.29) is 17.3 Å². The van der Waals surface area contributed by atoms with Crippen molar-refractivity contribution < 1.29 is 13.2 Å². The lowest BCUT2D eigenvalue weighted by Gasteiger charge is -2.18. The predicted octanol–water partition coefficient (Wildman–Crippen LogP) is 3.49. The number of nitrogens with zero attached hydrogens (tertiary/aromatic N) is 2. The minimum atomic E-state index is -3.50. The van der Waals surface area contributed by atoms with Crippen molar-refractivity contribution in [1.29, 1.82) is 0 Å². The number of nitrogens with one attached hydrogen (secondary N) is 1. The maximum absolute atomic E-state index is 12.5. The lowest BCUT2D eigenvalue weighted by atomic mass is 10.1. The van der Waals surface area contributed by atoms with Gasteiger partial charge in [0.1, 0.15) is 0 Å². The number of sulfonamides is 1. The fourth-order valence-electron chi connectivity index (χ4n) is 2.97. The molecular weight excluding hydrogens is 386 g/mol. The number of unbranched alkanes of at least 4 members (excludes halogenated alkanes) is 1. The second-order valence-electron chi connectivity index (χ2n) is 7.35. The molecule has 0 aromatic heterocycles. The molecule has 7 heteroatoms. The minimum Gasteiger partial charge on any atom is -0.325 e. The lowest BCUT2D eigenvalue weighted by molar-refractivity contribution is -0.117. The fourth-order valence-corrected chi connectivity index (χ4v) is 4.18. The van der Waals surface area contributed by atoms with Gasteiger partial charge < -0.3 is 5.32 Å². The van der Waals surface area contributed by atoms with Gasteiger partial charge in [0.25, 0.3) is 0 Å². The van der Waals surface area contributed by atoms with E-state index in [1.165, 1.54) is 27.6 Å². The molecule has 1 amide bonds. The molecule has 158 valence electrons. The SMILES string of the molecule is CCCCN(C)S(=O)(=O)c1ccc(NC(=O)CN(C)Cc2ccccc2C)cc1. The Morgan fingerprint density at radius 3 is 2.31 bits per heavy atom. The summed E-state index contributed by atoms with van der Waals surface area (Å²) in [5.74, 6) is -0.142. The Balaban J connectivity index is 1.93. The van der Waals surface area contributed by atoms with E-state index in [0.717, 1.165) is 12.8 Å². The maximum Gasteiger partial charge on any atom is 0.242 e. The summed E-state index contributed by atoms with van der Waals surface area (Å²) in [6.07, 6.45) is 1.75. The van der Waals surface area contributed by atoms with Crippen LogP contribution < -0.4 is 5.32 Å². The molecule has 6 nitrogen and oxygen atoms in total. The quantitative estimate of drug-likeness (QED) is 0.642. The van der Waals surface area contributed by atoms with E-state index in [2.05, 4.69) is 24.4 Å². The zero-order valence-electron chi connectivity index (χ0n) is 17.7. The molecule has 0 spiro atoms. The summed E-state index contributed by atoms with van der Waals surface area (Å²) in [5, 5.41) is 2.83. The predicted molar refractivity (Wildman–Crippen MR) is 117 cm³/mol. The number of hydrogen-bond donors (Lipinski definition) is 1. The van der Waals surface area contributed by atoms with Crippen LogP contribution in [0.2, 0.25) is 0 Å². The highest BCUT2D eigenvalue weighted by Crippen LogP contribution is 2.18. The van der Waals surface area contributed by atoms with Crippen LogP contribution in [0.5, 0.6) is 0 Å². The molecule has 0 saturated carbocycles. The van der Waals surface area contributed by atoms with Crippen LogP contribution in [0.1, 0.15) is 30.9 Å². The van der Waals surface area contributed by atoms with E-state index in [4.69, 9.17) is 0 Å². The molecule has 0 fully saturated rings. The minimum absolute atomic E-state index is 0.142. The van der Waals surface area contributed by atoms with Crippen LogP contribution in [0.15, 0.2) is 53.4 Å². The first kappa shape index (κ1) is 23.1. The average Bonchev–Trinajstić information content (AvgIpc) is 2.68. The largest absolute Gasteiger partial charge is 0.325 e. The van der Waals surface area contributed by atoms with Crippen molar-refractivity contribution in [3.63, 3.8) is 0 Å². The van der Waals surface area contributed by atoms with Crippen LogP contribution in [-0.4, -0.2) is 50.7 Å². The first-order chi connectivity index (χ1) is 13.7. The lowest BCUT2D eigenvalue weighted by Crippen LogP contribution is -2.30. The van der Waals surface area contributed by atoms with Crippen LogP contribution in [0.4, 0.5) is 5.69 Å². The zero-order chi connectivity index (χ0) is 21.4. The third-order valence-electron chi connectivity index (χ3n) is 4.79. The maximum atomic E-state index is 12.5. The van der Waals surface area contributed by atoms with Crippen LogP contribution in [0.3, 0.4) is 0 Å². The molecule has 2 aromatic rings. The topological polar surface area (TPSA) is 69.7 Å². The number of likely N-dealkylation sites (N-methyl/N-ethyl adjacent to an activating group) is 1. The van der Waals surface area contributed by atoms with Gasteiger partial charge in [-0.25, -0.2) is 12.7 Å². The van der Waals surface area contributed by atoms with Crippen molar-refractivity contribution in [2.24, 2.45) is 0 Å². The molecule has 0 atom stereocenters. The number of anilines is 1. The first-order valence-electron chi connectivity index (χ1n) is 9.83. The van der Waals surface area contributed by atoms with Crippen molar-refractivity contribution in [3.8, 4) is 0 Å². The fraction of sp³-hybridized carbons (Fsp3) is 0.409. The molecule has 29 heavy (non-hydrogen) atoms. The third-order valence-corrected chi connectivity index (χ3v) is 6.66. The van der Waals surface area contributed by atoms with E-state index in [9.17, 15) is 13.2 Å². The van der Waals surface area contributed by atoms with Crippen molar-refractivity contribution in [1.82, 2.24) is 9.21 Å². The second kappa shape index (κ2) is 10.5. The van der Waals surface area contributed by atoms with E-state index >= 15 is 0 Å². The number of amides is 1. The zero-order valence-corrected chi connectivity index (χ0v) is 18.5. The summed E-state index contributed by atoms with van der Waals surface area (Å²) in [7, 11) is -0.0168. The Labute approximate surface area is 174 Å². The van der Waals surface area contributed by atoms with E-state index < -0.39 is 10.0 Å². The Morgan fingerprint density at radius 2 is 1.69 bits per heavy atom. The van der Waals surface area contributed by atoms with Crippen LogP contribution in [0.25, 0.3) is 0 Å². The highest BCUT2D eigenvalue weighted by atomic mass is 32.2. The molecule has 2 aromatic carbocycles. The summed E-state index contributed by atoms with van der Waals surface area (Å²) < 4.78 is 26.5. The average molecular weight is 418 g/mol. The van der Waals surface area contributed by atoms with Crippen LogP contribution >= 0.6 is 0 Å². The Kier molecular flexibility index (Phi) is 8.37. The summed E-state index contributed by atoms with van der Waals surface area (Å²) in [5.41, 5.74) is 2.96. The third kappa shape index (κ3) is 6.66. The van der Waals surface area contributed by atoms with Gasteiger partial charge in [-0.2, -0.15) is 0 Å². The summed E-state index contributed by atoms with van der Waals surface area (Å²) >= 11 is 0. The summed E-state index contributed by atoms with van der Waals surface area (Å²) in [6.45, 7) is 5.50. The molecule has 0 aliphatic carbocycles. The van der Waals surface area contributed by atoms with E-state index in [1.54, 1.807) is 19.2 Å². The number of carbonyl (C=O) groups is 1. The molecule has 2 rings (SSSR count). The van der Waals surface area contributed by atoms with Gasteiger partial charge in [-0.1, -0.05) is 37.6 Å². The molecule has 0 radical (unpaired) electrons. The van der Waals surface area contributed by atoms with Gasteiger partial charge in [-0.05, 0) is 55.8 Å². The standard InChI is InChI=1S/C22H31N3O3S/c1-5-6-15-25(4)29(27,28)21-13-11-20(12-14-21)23-22(26)17-24(3)16-19-10-8-7-9-18(19)2/h7-14H,5-6,15-17H2,1-4H3,(H,23,26). The molecular formula is C22H31N3O3S. The molecule has 0 heterocycles. The van der Waals surface area contributed by atoms with Gasteiger partial charge in [-0.15, -0.1) is 0 Å². The van der Waals surface area contributed by atoms with Gasteiger partial charge in [0.05, 0.1) is 11.4 Å². The van der Waals surface area contributed by atoms with Crippen molar-refractivity contribution in [2.75, 3.05) is 32.5 Å². The number of benzene rings is 2. The smallest absolute Gasteiger partial charge is 0.242 e. The summed E-state index contributed by atoms with van der Waals surface area (Å²) in [4.78, 5) is 14.5. The normalized spacial score (nSPS) is 11.8. The highest BCUT2D eigenvalue weighted by Gasteiger charge is 2.20. The Bertz CT molecular complexity index is 911. The van der Waals surface area contributed by atoms with E-state index in [1.807, 2.05) is 31.0 Å². The van der Waals surface area contributed by atoms with Crippen molar-refractivity contribution in [3.05, 3.63) is 59.7 Å². The van der Waals surface area contributed by atoms with Gasteiger partial charge in [0.15, 0.2) is 0 Å². The number of hydrogen-bond acceptors (Lipinski definition) is 4. The molecule has 0 saturated heterocycles.